The highest BCUT2D eigenvalue weighted by Gasteiger charge is 2.04. The van der Waals surface area contributed by atoms with E-state index in [0.717, 1.165) is 18.6 Å². The van der Waals surface area contributed by atoms with E-state index in [1.165, 1.54) is 0 Å². The summed E-state index contributed by atoms with van der Waals surface area (Å²) in [4.78, 5) is 44.1. The van der Waals surface area contributed by atoms with Crippen LogP contribution >= 0.6 is 0 Å². The Morgan fingerprint density at radius 2 is 1.27 bits per heavy atom. The zero-order valence-electron chi connectivity index (χ0n) is 15.2. The summed E-state index contributed by atoms with van der Waals surface area (Å²) < 4.78 is 14.6. The summed E-state index contributed by atoms with van der Waals surface area (Å²) in [5.41, 5.74) is 0. The molecule has 8 heteroatoms. The van der Waals surface area contributed by atoms with E-state index in [9.17, 15) is 19.2 Å². The summed E-state index contributed by atoms with van der Waals surface area (Å²) in [5.74, 6) is -2.30. The lowest BCUT2D eigenvalue weighted by molar-refractivity contribution is -0.144. The number of esters is 3. The monoisotopic (exact) mass is 372 g/mol. The smallest absolute Gasteiger partial charge is 0.331 e. The van der Waals surface area contributed by atoms with Crippen LogP contribution in [0.25, 0.3) is 0 Å². The average Bonchev–Trinajstić information content (AvgIpc) is 2.59. The van der Waals surface area contributed by atoms with Gasteiger partial charge in [0.2, 0.25) is 0 Å². The first-order chi connectivity index (χ1) is 12.5. The number of carbonyl (C=O) groups excluding carboxylic acids is 3. The molecule has 0 aromatic rings. The van der Waals surface area contributed by atoms with Crippen LogP contribution in [-0.2, 0) is 33.4 Å². The zero-order valence-corrected chi connectivity index (χ0v) is 15.2. The maximum absolute atomic E-state index is 11.5. The molecule has 0 aliphatic rings. The van der Waals surface area contributed by atoms with Crippen molar-refractivity contribution in [1.82, 2.24) is 0 Å². The van der Waals surface area contributed by atoms with Crippen LogP contribution in [0.4, 0.5) is 0 Å². The maximum atomic E-state index is 11.5. The number of ether oxygens (including phenoxy) is 3. The van der Waals surface area contributed by atoms with Crippen molar-refractivity contribution in [2.45, 2.75) is 58.3 Å². The summed E-state index contributed by atoms with van der Waals surface area (Å²) in [6.07, 6.45) is 6.39. The lowest BCUT2D eigenvalue weighted by atomic mass is 10.2. The Labute approximate surface area is 153 Å². The van der Waals surface area contributed by atoms with Crippen LogP contribution in [0.3, 0.4) is 0 Å². The number of unbranched alkanes of at least 4 members (excludes halogenated alkanes) is 4. The number of rotatable bonds is 15. The molecule has 0 radical (unpaired) electrons. The molecule has 0 aliphatic heterocycles. The molecule has 0 amide bonds. The summed E-state index contributed by atoms with van der Waals surface area (Å²) in [6, 6.07) is 0. The van der Waals surface area contributed by atoms with Gasteiger partial charge in [-0.25, -0.2) is 9.59 Å². The Kier molecular flexibility index (Phi) is 14.6. The minimum absolute atomic E-state index is 0.136. The van der Waals surface area contributed by atoms with Gasteiger partial charge in [0.25, 0.3) is 0 Å². The lowest BCUT2D eigenvalue weighted by Gasteiger charge is -2.05. The first-order valence-electron chi connectivity index (χ1n) is 8.84. The fourth-order valence-electron chi connectivity index (χ4n) is 1.91. The SMILES string of the molecule is CCOC(=O)/C=C/C(=O)OCCCCCC(=O)OCCCCCC(=O)O. The molecule has 8 nitrogen and oxygen atoms in total. The normalized spacial score (nSPS) is 10.5. The van der Waals surface area contributed by atoms with Crippen molar-refractivity contribution in [1.29, 1.82) is 0 Å². The number of aliphatic carboxylic acids is 1. The molecule has 0 bridgehead atoms. The minimum atomic E-state index is -0.817. The Bertz CT molecular complexity index is 470. The van der Waals surface area contributed by atoms with E-state index in [2.05, 4.69) is 4.74 Å². The van der Waals surface area contributed by atoms with Crippen LogP contribution in [0.2, 0.25) is 0 Å². The third kappa shape index (κ3) is 16.5. The average molecular weight is 372 g/mol. The van der Waals surface area contributed by atoms with E-state index in [4.69, 9.17) is 14.6 Å². The Morgan fingerprint density at radius 1 is 0.731 bits per heavy atom. The Hall–Kier alpha value is -2.38. The third-order valence-corrected chi connectivity index (χ3v) is 3.21. The number of hydrogen-bond donors (Lipinski definition) is 1. The standard InChI is InChI=1S/C18H28O8/c1-2-24-17(22)11-12-18(23)26-14-8-4-6-10-16(21)25-13-7-3-5-9-15(19)20/h11-12H,2-10,13-14H2,1H3,(H,19,20)/b12-11+. The van der Waals surface area contributed by atoms with Gasteiger partial charge in [-0.2, -0.15) is 0 Å². The van der Waals surface area contributed by atoms with Crippen LogP contribution in [-0.4, -0.2) is 48.8 Å². The predicted molar refractivity (Wildman–Crippen MR) is 92.3 cm³/mol. The van der Waals surface area contributed by atoms with E-state index in [1.807, 2.05) is 0 Å². The van der Waals surface area contributed by atoms with Crippen molar-refractivity contribution in [3.8, 4) is 0 Å². The maximum Gasteiger partial charge on any atom is 0.331 e. The topological polar surface area (TPSA) is 116 Å². The Morgan fingerprint density at radius 3 is 1.85 bits per heavy atom. The number of carboxylic acids is 1. The third-order valence-electron chi connectivity index (χ3n) is 3.21. The van der Waals surface area contributed by atoms with E-state index in [0.29, 0.717) is 45.1 Å². The molecule has 0 spiro atoms. The molecule has 0 unspecified atom stereocenters. The van der Waals surface area contributed by atoms with Gasteiger partial charge < -0.3 is 19.3 Å². The van der Waals surface area contributed by atoms with Gasteiger partial charge in [0.05, 0.1) is 19.8 Å². The second kappa shape index (κ2) is 16.1. The molecule has 0 atom stereocenters. The molecule has 0 saturated carbocycles. The second-order valence-electron chi connectivity index (χ2n) is 5.49. The number of carboxylic acid groups (broad SMARTS) is 1. The zero-order chi connectivity index (χ0) is 19.6. The molecule has 0 rings (SSSR count). The molecular formula is C18H28O8. The summed E-state index contributed by atoms with van der Waals surface area (Å²) >= 11 is 0. The fraction of sp³-hybridized carbons (Fsp3) is 0.667. The van der Waals surface area contributed by atoms with Crippen molar-refractivity contribution in [3.63, 3.8) is 0 Å². The van der Waals surface area contributed by atoms with Gasteiger partial charge in [0.15, 0.2) is 0 Å². The number of carbonyl (C=O) groups is 4. The fourth-order valence-corrected chi connectivity index (χ4v) is 1.91. The van der Waals surface area contributed by atoms with Crippen LogP contribution in [0.5, 0.6) is 0 Å². The molecule has 0 saturated heterocycles. The first-order valence-corrected chi connectivity index (χ1v) is 8.84. The summed E-state index contributed by atoms with van der Waals surface area (Å²) in [6.45, 7) is 2.43. The van der Waals surface area contributed by atoms with Crippen molar-refractivity contribution < 1.29 is 38.5 Å². The van der Waals surface area contributed by atoms with Gasteiger partial charge in [0.1, 0.15) is 0 Å². The quantitative estimate of drug-likeness (QED) is 0.202. The highest BCUT2D eigenvalue weighted by atomic mass is 16.5. The van der Waals surface area contributed by atoms with Crippen molar-refractivity contribution >= 4 is 23.9 Å². The number of hydrogen-bond acceptors (Lipinski definition) is 7. The molecule has 0 aliphatic carbocycles. The van der Waals surface area contributed by atoms with E-state index >= 15 is 0 Å². The molecule has 26 heavy (non-hydrogen) atoms. The van der Waals surface area contributed by atoms with Crippen LogP contribution in [0.1, 0.15) is 58.3 Å². The van der Waals surface area contributed by atoms with Crippen LogP contribution < -0.4 is 0 Å². The molecular weight excluding hydrogens is 344 g/mol. The van der Waals surface area contributed by atoms with Crippen LogP contribution in [0, 0.1) is 0 Å². The minimum Gasteiger partial charge on any atom is -0.481 e. The summed E-state index contributed by atoms with van der Waals surface area (Å²) in [7, 11) is 0. The van der Waals surface area contributed by atoms with Crippen molar-refractivity contribution in [3.05, 3.63) is 12.2 Å². The van der Waals surface area contributed by atoms with E-state index in [1.54, 1.807) is 6.92 Å². The lowest BCUT2D eigenvalue weighted by Crippen LogP contribution is -2.07. The van der Waals surface area contributed by atoms with Gasteiger partial charge in [-0.15, -0.1) is 0 Å². The molecule has 0 heterocycles. The van der Waals surface area contributed by atoms with Crippen LogP contribution in [0.15, 0.2) is 12.2 Å². The van der Waals surface area contributed by atoms with Gasteiger partial charge in [0, 0.05) is 25.0 Å². The van der Waals surface area contributed by atoms with Crippen molar-refractivity contribution in [2.24, 2.45) is 0 Å². The van der Waals surface area contributed by atoms with Gasteiger partial charge in [-0.05, 0) is 45.4 Å². The van der Waals surface area contributed by atoms with E-state index < -0.39 is 17.9 Å². The second-order valence-corrected chi connectivity index (χ2v) is 5.49. The highest BCUT2D eigenvalue weighted by molar-refractivity contribution is 5.91. The molecule has 0 fully saturated rings. The largest absolute Gasteiger partial charge is 0.481 e. The van der Waals surface area contributed by atoms with Gasteiger partial charge in [-0.1, -0.05) is 0 Å². The summed E-state index contributed by atoms with van der Waals surface area (Å²) in [5, 5.41) is 8.48. The molecule has 1 N–H and O–H groups in total. The van der Waals surface area contributed by atoms with E-state index in [-0.39, 0.29) is 25.6 Å². The van der Waals surface area contributed by atoms with Crippen molar-refractivity contribution in [2.75, 3.05) is 19.8 Å². The highest BCUT2D eigenvalue weighted by Crippen LogP contribution is 2.04. The molecule has 0 aromatic carbocycles. The van der Waals surface area contributed by atoms with Gasteiger partial charge in [-0.3, -0.25) is 9.59 Å². The first kappa shape index (κ1) is 23.6. The molecule has 0 aromatic heterocycles. The Balaban J connectivity index is 3.48. The molecule has 148 valence electrons. The van der Waals surface area contributed by atoms with Gasteiger partial charge >= 0.3 is 23.9 Å². The predicted octanol–water partition coefficient (Wildman–Crippen LogP) is 2.40.